The summed E-state index contributed by atoms with van der Waals surface area (Å²) in [5.41, 5.74) is 0. The van der Waals surface area contributed by atoms with E-state index in [1.807, 2.05) is 0 Å². The number of hydrogen-bond donors (Lipinski definition) is 1. The second-order valence-electron chi connectivity index (χ2n) is 4.89. The summed E-state index contributed by atoms with van der Waals surface area (Å²) in [6.45, 7) is 2.22. The van der Waals surface area contributed by atoms with Gasteiger partial charge in [0.05, 0.1) is 23.2 Å². The van der Waals surface area contributed by atoms with Crippen LogP contribution in [0.3, 0.4) is 0 Å². The number of sulfone groups is 1. The molecule has 2 aliphatic heterocycles. The molecule has 0 aliphatic carbocycles. The number of carboxylic acids is 1. The van der Waals surface area contributed by atoms with Crippen molar-refractivity contribution in [2.45, 2.75) is 49.7 Å². The smallest absolute Gasteiger partial charge is 0.332 e. The molecule has 104 valence electrons. The third-order valence-corrected chi connectivity index (χ3v) is 5.95. The fourth-order valence-corrected chi connectivity index (χ4v) is 4.70. The lowest BCUT2D eigenvalue weighted by Gasteiger charge is -2.18. The number of aliphatic carboxylic acids is 1. The van der Waals surface area contributed by atoms with Crippen LogP contribution in [-0.4, -0.2) is 55.4 Å². The van der Waals surface area contributed by atoms with E-state index in [-0.39, 0.29) is 11.9 Å². The highest BCUT2D eigenvalue weighted by Crippen LogP contribution is 2.26. The summed E-state index contributed by atoms with van der Waals surface area (Å²) in [4.78, 5) is 10.7. The van der Waals surface area contributed by atoms with Gasteiger partial charge in [0, 0.05) is 6.61 Å². The van der Waals surface area contributed by atoms with Crippen molar-refractivity contribution in [1.82, 2.24) is 0 Å². The van der Waals surface area contributed by atoms with E-state index in [0.29, 0.717) is 25.9 Å². The number of carboxylic acid groups (broad SMARTS) is 1. The lowest BCUT2D eigenvalue weighted by molar-refractivity contribution is -0.148. The molecule has 2 heterocycles. The molecule has 2 aliphatic rings. The maximum atomic E-state index is 12.2. The Kier molecular flexibility index (Phi) is 3.93. The minimum atomic E-state index is -3.28. The molecule has 0 aromatic rings. The van der Waals surface area contributed by atoms with Gasteiger partial charge in [-0.05, 0) is 26.2 Å². The molecule has 0 spiro atoms. The monoisotopic (exact) mass is 278 g/mol. The second kappa shape index (κ2) is 5.14. The molecule has 7 heteroatoms. The van der Waals surface area contributed by atoms with Crippen LogP contribution in [0.5, 0.6) is 0 Å². The van der Waals surface area contributed by atoms with E-state index in [0.717, 1.165) is 0 Å². The highest BCUT2D eigenvalue weighted by Gasteiger charge is 2.40. The number of hydrogen-bond acceptors (Lipinski definition) is 5. The molecule has 4 atom stereocenters. The van der Waals surface area contributed by atoms with Crippen molar-refractivity contribution >= 4 is 15.8 Å². The van der Waals surface area contributed by atoms with Crippen LogP contribution in [0.4, 0.5) is 0 Å². The van der Waals surface area contributed by atoms with Crippen LogP contribution < -0.4 is 0 Å². The molecule has 0 aromatic heterocycles. The molecule has 2 fully saturated rings. The van der Waals surface area contributed by atoms with Gasteiger partial charge in [-0.15, -0.1) is 0 Å². The summed E-state index contributed by atoms with van der Waals surface area (Å²) < 4.78 is 34.8. The topological polar surface area (TPSA) is 89.9 Å². The van der Waals surface area contributed by atoms with Crippen LogP contribution in [0.2, 0.25) is 0 Å². The highest BCUT2D eigenvalue weighted by atomic mass is 32.2. The van der Waals surface area contributed by atoms with Gasteiger partial charge in [0.2, 0.25) is 0 Å². The first-order valence-corrected chi connectivity index (χ1v) is 7.83. The van der Waals surface area contributed by atoms with E-state index in [1.54, 1.807) is 6.92 Å². The third-order valence-electron chi connectivity index (χ3n) is 3.57. The molecule has 2 rings (SSSR count). The van der Waals surface area contributed by atoms with Crippen molar-refractivity contribution in [2.75, 3.05) is 12.4 Å². The first-order valence-electron chi connectivity index (χ1n) is 6.11. The van der Waals surface area contributed by atoms with Crippen molar-refractivity contribution in [3.8, 4) is 0 Å². The highest BCUT2D eigenvalue weighted by molar-refractivity contribution is 7.92. The molecule has 18 heavy (non-hydrogen) atoms. The van der Waals surface area contributed by atoms with Gasteiger partial charge < -0.3 is 14.6 Å². The first kappa shape index (κ1) is 13.8. The van der Waals surface area contributed by atoms with E-state index in [2.05, 4.69) is 0 Å². The lowest BCUT2D eigenvalue weighted by Crippen LogP contribution is -2.34. The van der Waals surface area contributed by atoms with Crippen molar-refractivity contribution < 1.29 is 27.8 Å². The minimum absolute atomic E-state index is 0.102. The Bertz CT molecular complexity index is 417. The van der Waals surface area contributed by atoms with E-state index < -0.39 is 33.3 Å². The lowest BCUT2D eigenvalue weighted by atomic mass is 10.2. The van der Waals surface area contributed by atoms with Gasteiger partial charge in [0.15, 0.2) is 15.9 Å². The molecule has 0 aromatic carbocycles. The van der Waals surface area contributed by atoms with Crippen molar-refractivity contribution in [3.05, 3.63) is 0 Å². The van der Waals surface area contributed by atoms with E-state index >= 15 is 0 Å². The van der Waals surface area contributed by atoms with Crippen molar-refractivity contribution in [2.24, 2.45) is 0 Å². The molecule has 0 saturated carbocycles. The predicted octanol–water partition coefficient (Wildman–Crippen LogP) is 0.211. The van der Waals surface area contributed by atoms with Gasteiger partial charge >= 0.3 is 5.97 Å². The van der Waals surface area contributed by atoms with Gasteiger partial charge in [-0.2, -0.15) is 0 Å². The molecule has 4 unspecified atom stereocenters. The Balaban J connectivity index is 1.95. The van der Waals surface area contributed by atoms with E-state index in [9.17, 15) is 13.2 Å². The molecule has 6 nitrogen and oxygen atoms in total. The predicted molar refractivity (Wildman–Crippen MR) is 63.1 cm³/mol. The summed E-state index contributed by atoms with van der Waals surface area (Å²) >= 11 is 0. The zero-order valence-corrected chi connectivity index (χ0v) is 11.1. The summed E-state index contributed by atoms with van der Waals surface area (Å²) in [5.74, 6) is -1.12. The van der Waals surface area contributed by atoms with Crippen LogP contribution in [0.25, 0.3) is 0 Å². The number of carbonyl (C=O) groups is 1. The van der Waals surface area contributed by atoms with E-state index in [4.69, 9.17) is 14.6 Å². The van der Waals surface area contributed by atoms with Crippen LogP contribution in [0.15, 0.2) is 0 Å². The largest absolute Gasteiger partial charge is 0.479 e. The van der Waals surface area contributed by atoms with Gasteiger partial charge in [-0.1, -0.05) is 0 Å². The summed E-state index contributed by atoms with van der Waals surface area (Å²) in [7, 11) is -3.28. The average molecular weight is 278 g/mol. The molecule has 0 radical (unpaired) electrons. The summed E-state index contributed by atoms with van der Waals surface area (Å²) in [6, 6.07) is 0. The first-order chi connectivity index (χ1) is 8.40. The van der Waals surface area contributed by atoms with Crippen molar-refractivity contribution in [1.29, 1.82) is 0 Å². The summed E-state index contributed by atoms with van der Waals surface area (Å²) in [5, 5.41) is 8.31. The van der Waals surface area contributed by atoms with Crippen LogP contribution in [0, 0.1) is 0 Å². The average Bonchev–Trinajstić information content (AvgIpc) is 2.86. The molecular formula is C11H18O6S. The Morgan fingerprint density at radius 1 is 1.33 bits per heavy atom. The molecule has 0 bridgehead atoms. The zero-order chi connectivity index (χ0) is 13.3. The fourth-order valence-electron chi connectivity index (χ4n) is 2.58. The Hall–Kier alpha value is -0.660. The van der Waals surface area contributed by atoms with Gasteiger partial charge in [0.25, 0.3) is 0 Å². The second-order valence-corrected chi connectivity index (χ2v) is 7.16. The Morgan fingerprint density at radius 2 is 2.06 bits per heavy atom. The standard InChI is InChI=1S/C11H18O6S/c1-7-10(4-5-16-7)18(14,15)6-8-2-3-9(17-8)11(12)13/h7-10H,2-6H2,1H3,(H,12,13). The quantitative estimate of drug-likeness (QED) is 0.790. The number of ether oxygens (including phenoxy) is 2. The van der Waals surface area contributed by atoms with Gasteiger partial charge in [-0.3, -0.25) is 0 Å². The maximum Gasteiger partial charge on any atom is 0.332 e. The molecular weight excluding hydrogens is 260 g/mol. The zero-order valence-electron chi connectivity index (χ0n) is 10.2. The van der Waals surface area contributed by atoms with Crippen LogP contribution in [-0.2, 0) is 24.1 Å². The molecule has 0 amide bonds. The Labute approximate surface area is 106 Å². The fraction of sp³-hybridized carbons (Fsp3) is 0.909. The SMILES string of the molecule is CC1OCCC1S(=O)(=O)CC1CCC(C(=O)O)O1. The molecule has 2 saturated heterocycles. The number of rotatable bonds is 4. The minimum Gasteiger partial charge on any atom is -0.479 e. The van der Waals surface area contributed by atoms with Gasteiger partial charge in [0.1, 0.15) is 0 Å². The third kappa shape index (κ3) is 2.84. The van der Waals surface area contributed by atoms with Crippen molar-refractivity contribution in [3.63, 3.8) is 0 Å². The van der Waals surface area contributed by atoms with Gasteiger partial charge in [-0.25, -0.2) is 13.2 Å². The van der Waals surface area contributed by atoms with E-state index in [1.165, 1.54) is 0 Å². The van der Waals surface area contributed by atoms with Crippen LogP contribution >= 0.6 is 0 Å². The van der Waals surface area contributed by atoms with Crippen LogP contribution in [0.1, 0.15) is 26.2 Å². The molecule has 1 N–H and O–H groups in total. The summed E-state index contributed by atoms with van der Waals surface area (Å²) in [6.07, 6.45) is -0.263. The normalized spacial score (nSPS) is 36.9. The Morgan fingerprint density at radius 3 is 2.56 bits per heavy atom. The maximum absolute atomic E-state index is 12.2.